The minimum atomic E-state index is -0.825. The lowest BCUT2D eigenvalue weighted by Crippen LogP contribution is -2.28. The smallest absolute Gasteiger partial charge is 0.272 e. The normalized spacial score (nSPS) is 12.9. The number of nitrogens with one attached hydrogen (secondary N) is 1. The highest BCUT2D eigenvalue weighted by Crippen LogP contribution is 2.28. The number of carbonyl (C=O) groups is 2. The Morgan fingerprint density at radius 1 is 0.930 bits per heavy atom. The van der Waals surface area contributed by atoms with Crippen molar-refractivity contribution in [2.24, 2.45) is 0 Å². The van der Waals surface area contributed by atoms with E-state index in [1.165, 1.54) is 71.7 Å². The number of hydrogen-bond acceptors (Lipinski definition) is 6. The summed E-state index contributed by atoms with van der Waals surface area (Å²) in [5.74, 6) is -2.36. The number of likely N-dealkylation sites (tertiary alicyclic amines) is 1. The Labute approximate surface area is 251 Å². The molecule has 1 aliphatic heterocycles. The minimum absolute atomic E-state index is 0.0570. The third-order valence-corrected chi connectivity index (χ3v) is 7.43. The molecule has 0 aliphatic carbocycles. The van der Waals surface area contributed by atoms with Crippen molar-refractivity contribution in [1.82, 2.24) is 19.4 Å². The standard InChI is InChI=1S/C31H22BrF2N5O4/c32-18-5-7-26(23(33)14-18)39-17-22(28(40)21-4-3-10-36-29(21)39)30(41)37-19-6-8-27(24(34)15-19)43-20-9-11-35-25(16-20)31(42)38-12-1-2-13-38/h3-11,14-17H,1-2,12-13H2,(H,37,41). The largest absolute Gasteiger partial charge is 0.454 e. The lowest BCUT2D eigenvalue weighted by Gasteiger charge is -2.15. The fraction of sp³-hybridized carbons (Fsp3) is 0.129. The number of fused-ring (bicyclic) bond motifs is 1. The van der Waals surface area contributed by atoms with Crippen molar-refractivity contribution in [3.8, 4) is 17.2 Å². The first-order valence-corrected chi connectivity index (χ1v) is 14.1. The molecule has 216 valence electrons. The number of anilines is 1. The number of nitrogens with zero attached hydrogens (tertiary/aromatic N) is 4. The van der Waals surface area contributed by atoms with Gasteiger partial charge in [0.15, 0.2) is 11.6 Å². The Morgan fingerprint density at radius 2 is 1.74 bits per heavy atom. The first kappa shape index (κ1) is 28.2. The molecular weight excluding hydrogens is 624 g/mol. The van der Waals surface area contributed by atoms with Gasteiger partial charge in [0.25, 0.3) is 11.8 Å². The highest BCUT2D eigenvalue weighted by atomic mass is 79.9. The maximum absolute atomic E-state index is 15.1. The van der Waals surface area contributed by atoms with Gasteiger partial charge in [-0.1, -0.05) is 15.9 Å². The topological polar surface area (TPSA) is 106 Å². The van der Waals surface area contributed by atoms with E-state index in [1.54, 1.807) is 11.0 Å². The van der Waals surface area contributed by atoms with Crippen LogP contribution in [0.5, 0.6) is 11.5 Å². The van der Waals surface area contributed by atoms with Crippen molar-refractivity contribution in [3.05, 3.63) is 117 Å². The molecule has 1 aliphatic rings. The summed E-state index contributed by atoms with van der Waals surface area (Å²) in [4.78, 5) is 49.2. The van der Waals surface area contributed by atoms with E-state index < -0.39 is 23.0 Å². The Hall–Kier alpha value is -4.97. The second-order valence-electron chi connectivity index (χ2n) is 9.79. The number of pyridine rings is 3. The van der Waals surface area contributed by atoms with E-state index >= 15 is 4.39 Å². The van der Waals surface area contributed by atoms with Crippen LogP contribution in [0, 0.1) is 11.6 Å². The van der Waals surface area contributed by atoms with E-state index in [4.69, 9.17) is 4.74 Å². The molecule has 0 unspecified atom stereocenters. The number of halogens is 3. The second kappa shape index (κ2) is 11.7. The van der Waals surface area contributed by atoms with Gasteiger partial charge in [-0.2, -0.15) is 0 Å². The van der Waals surface area contributed by atoms with Crippen LogP contribution in [0.1, 0.15) is 33.7 Å². The zero-order valence-electron chi connectivity index (χ0n) is 22.4. The number of ether oxygens (including phenoxy) is 1. The average molecular weight is 646 g/mol. The van der Waals surface area contributed by atoms with Gasteiger partial charge in [0, 0.05) is 54.0 Å². The minimum Gasteiger partial charge on any atom is -0.454 e. The summed E-state index contributed by atoms with van der Waals surface area (Å²) >= 11 is 3.22. The fourth-order valence-electron chi connectivity index (χ4n) is 4.84. The van der Waals surface area contributed by atoms with Crippen molar-refractivity contribution in [2.45, 2.75) is 12.8 Å². The van der Waals surface area contributed by atoms with Crippen LogP contribution in [0.2, 0.25) is 0 Å². The van der Waals surface area contributed by atoms with Gasteiger partial charge in [-0.15, -0.1) is 0 Å². The van der Waals surface area contributed by atoms with Crippen molar-refractivity contribution >= 4 is 44.5 Å². The first-order chi connectivity index (χ1) is 20.8. The molecule has 0 bridgehead atoms. The monoisotopic (exact) mass is 645 g/mol. The van der Waals surface area contributed by atoms with Crippen LogP contribution in [0.3, 0.4) is 0 Å². The molecule has 0 saturated carbocycles. The number of benzene rings is 2. The number of hydrogen-bond donors (Lipinski definition) is 1. The Kier molecular flexibility index (Phi) is 7.68. The quantitative estimate of drug-likeness (QED) is 0.239. The lowest BCUT2D eigenvalue weighted by atomic mass is 10.1. The van der Waals surface area contributed by atoms with Gasteiger partial charge in [0.2, 0.25) is 5.43 Å². The van der Waals surface area contributed by atoms with E-state index in [0.29, 0.717) is 17.6 Å². The van der Waals surface area contributed by atoms with Crippen LogP contribution in [0.4, 0.5) is 14.5 Å². The predicted octanol–water partition coefficient (Wildman–Crippen LogP) is 6.10. The van der Waals surface area contributed by atoms with Gasteiger partial charge in [0.1, 0.15) is 28.5 Å². The molecule has 0 atom stereocenters. The molecule has 6 rings (SSSR count). The summed E-state index contributed by atoms with van der Waals surface area (Å²) in [5.41, 5.74) is -0.416. The number of amides is 2. The molecule has 12 heteroatoms. The Balaban J connectivity index is 1.25. The van der Waals surface area contributed by atoms with Crippen LogP contribution in [0.25, 0.3) is 16.7 Å². The summed E-state index contributed by atoms with van der Waals surface area (Å²) in [6.45, 7) is 1.33. The van der Waals surface area contributed by atoms with Crippen LogP contribution in [0.15, 0.2) is 88.5 Å². The molecule has 1 N–H and O–H groups in total. The number of rotatable bonds is 6. The molecule has 1 saturated heterocycles. The van der Waals surface area contributed by atoms with Crippen molar-refractivity contribution in [1.29, 1.82) is 0 Å². The van der Waals surface area contributed by atoms with Crippen LogP contribution in [-0.4, -0.2) is 44.3 Å². The molecular formula is C31H22BrF2N5O4. The van der Waals surface area contributed by atoms with Crippen LogP contribution < -0.4 is 15.5 Å². The van der Waals surface area contributed by atoms with E-state index in [0.717, 1.165) is 18.9 Å². The molecule has 9 nitrogen and oxygen atoms in total. The van der Waals surface area contributed by atoms with Gasteiger partial charge < -0.3 is 15.0 Å². The summed E-state index contributed by atoms with van der Waals surface area (Å²) < 4.78 is 37.4. The van der Waals surface area contributed by atoms with E-state index in [2.05, 4.69) is 31.2 Å². The summed E-state index contributed by atoms with van der Waals surface area (Å²) in [6, 6.07) is 14.1. The van der Waals surface area contributed by atoms with Gasteiger partial charge in [-0.3, -0.25) is 23.9 Å². The van der Waals surface area contributed by atoms with Gasteiger partial charge in [-0.25, -0.2) is 13.8 Å². The van der Waals surface area contributed by atoms with Crippen molar-refractivity contribution < 1.29 is 23.1 Å². The lowest BCUT2D eigenvalue weighted by molar-refractivity contribution is 0.0786. The molecule has 0 radical (unpaired) electrons. The summed E-state index contributed by atoms with van der Waals surface area (Å²) in [6.07, 6.45) is 5.95. The molecule has 4 heterocycles. The average Bonchev–Trinajstić information content (AvgIpc) is 3.54. The molecule has 2 aromatic carbocycles. The molecule has 0 spiro atoms. The van der Waals surface area contributed by atoms with Crippen molar-refractivity contribution in [3.63, 3.8) is 0 Å². The van der Waals surface area contributed by atoms with E-state index in [1.807, 2.05) is 0 Å². The van der Waals surface area contributed by atoms with E-state index in [9.17, 15) is 18.8 Å². The molecule has 3 aromatic heterocycles. The Bertz CT molecular complexity index is 1960. The zero-order valence-corrected chi connectivity index (χ0v) is 24.0. The van der Waals surface area contributed by atoms with Gasteiger partial charge in [0.05, 0.1) is 11.1 Å². The summed E-state index contributed by atoms with van der Waals surface area (Å²) in [7, 11) is 0. The third kappa shape index (κ3) is 5.73. The molecule has 43 heavy (non-hydrogen) atoms. The van der Waals surface area contributed by atoms with E-state index in [-0.39, 0.29) is 51.1 Å². The highest BCUT2D eigenvalue weighted by Gasteiger charge is 2.22. The first-order valence-electron chi connectivity index (χ1n) is 13.3. The van der Waals surface area contributed by atoms with Gasteiger partial charge >= 0.3 is 0 Å². The SMILES string of the molecule is O=C(Nc1ccc(Oc2ccnc(C(=O)N3CCCC3)c2)c(F)c1)c1cn(-c2ccc(Br)cc2F)c2ncccc2c1=O. The number of aromatic nitrogens is 3. The summed E-state index contributed by atoms with van der Waals surface area (Å²) in [5, 5.41) is 2.63. The molecule has 1 fully saturated rings. The van der Waals surface area contributed by atoms with Gasteiger partial charge in [-0.05, 0) is 61.4 Å². The highest BCUT2D eigenvalue weighted by molar-refractivity contribution is 9.10. The second-order valence-corrected chi connectivity index (χ2v) is 10.7. The molecule has 2 amide bonds. The van der Waals surface area contributed by atoms with Crippen molar-refractivity contribution in [2.75, 3.05) is 18.4 Å². The van der Waals surface area contributed by atoms with Crippen LogP contribution >= 0.6 is 15.9 Å². The van der Waals surface area contributed by atoms with Crippen LogP contribution in [-0.2, 0) is 0 Å². The maximum Gasteiger partial charge on any atom is 0.272 e. The maximum atomic E-state index is 15.1. The third-order valence-electron chi connectivity index (χ3n) is 6.94. The molecule has 5 aromatic rings. The number of carbonyl (C=O) groups excluding carboxylic acids is 2. The fourth-order valence-corrected chi connectivity index (χ4v) is 5.18. The predicted molar refractivity (Wildman–Crippen MR) is 159 cm³/mol. The zero-order chi connectivity index (χ0) is 30.1. The Morgan fingerprint density at radius 3 is 2.51 bits per heavy atom.